The van der Waals surface area contributed by atoms with Gasteiger partial charge in [-0.05, 0) is 29.7 Å². The monoisotopic (exact) mass is 329 g/mol. The second-order valence-corrected chi connectivity index (χ2v) is 5.70. The number of aromatic nitrogens is 4. The van der Waals surface area contributed by atoms with Crippen molar-refractivity contribution in [3.63, 3.8) is 0 Å². The number of anilines is 1. The Morgan fingerprint density at radius 1 is 1.00 bits per heavy atom. The van der Waals surface area contributed by atoms with Gasteiger partial charge in [0.1, 0.15) is 5.82 Å². The van der Waals surface area contributed by atoms with Crippen LogP contribution in [0, 0.1) is 0 Å². The molecule has 4 aromatic rings. The quantitative estimate of drug-likeness (QED) is 0.626. The summed E-state index contributed by atoms with van der Waals surface area (Å²) in [4.78, 5) is 25.1. The average Bonchev–Trinajstić information content (AvgIpc) is 3.08. The molecule has 25 heavy (non-hydrogen) atoms. The second-order valence-electron chi connectivity index (χ2n) is 5.70. The fourth-order valence-electron chi connectivity index (χ4n) is 2.63. The number of nitrogens with one attached hydrogen (secondary N) is 1. The first-order valence-electron chi connectivity index (χ1n) is 7.79. The number of hydrogen-bond donors (Lipinski definition) is 1. The molecule has 122 valence electrons. The van der Waals surface area contributed by atoms with Crippen molar-refractivity contribution in [2.45, 2.75) is 0 Å². The van der Waals surface area contributed by atoms with Gasteiger partial charge in [-0.15, -0.1) is 0 Å². The van der Waals surface area contributed by atoms with Crippen LogP contribution in [0.2, 0.25) is 0 Å². The highest BCUT2D eigenvalue weighted by molar-refractivity contribution is 6.04. The topological polar surface area (TPSA) is 72.7 Å². The summed E-state index contributed by atoms with van der Waals surface area (Å²) in [5.41, 5.74) is 2.34. The Balaban J connectivity index is 1.67. The summed E-state index contributed by atoms with van der Waals surface area (Å²) >= 11 is 0. The summed E-state index contributed by atoms with van der Waals surface area (Å²) < 4.78 is 1.91. The smallest absolute Gasteiger partial charge is 0.256 e. The third-order valence-electron chi connectivity index (χ3n) is 3.96. The van der Waals surface area contributed by atoms with Crippen LogP contribution in [-0.2, 0) is 7.05 Å². The van der Waals surface area contributed by atoms with Gasteiger partial charge in [0.25, 0.3) is 5.91 Å². The molecule has 0 saturated carbocycles. The highest BCUT2D eigenvalue weighted by Gasteiger charge is 2.09. The van der Waals surface area contributed by atoms with Crippen LogP contribution < -0.4 is 5.32 Å². The molecule has 0 aliphatic carbocycles. The number of fused-ring (bicyclic) bond motifs is 1. The van der Waals surface area contributed by atoms with Crippen molar-refractivity contribution in [3.8, 4) is 11.4 Å². The van der Waals surface area contributed by atoms with Crippen LogP contribution in [0.4, 0.5) is 5.82 Å². The summed E-state index contributed by atoms with van der Waals surface area (Å²) in [6, 6.07) is 12.9. The van der Waals surface area contributed by atoms with E-state index in [9.17, 15) is 4.79 Å². The van der Waals surface area contributed by atoms with Gasteiger partial charge >= 0.3 is 0 Å². The number of hydrogen-bond acceptors (Lipinski definition) is 4. The van der Waals surface area contributed by atoms with Crippen molar-refractivity contribution in [3.05, 3.63) is 72.9 Å². The Kier molecular flexibility index (Phi) is 3.70. The molecule has 6 heteroatoms. The summed E-state index contributed by atoms with van der Waals surface area (Å²) in [5.74, 6) is 0.317. The van der Waals surface area contributed by atoms with E-state index in [0.29, 0.717) is 11.4 Å². The van der Waals surface area contributed by atoms with Gasteiger partial charge in [0.2, 0.25) is 0 Å². The standard InChI is InChI=1S/C19H15N5O/c1-24-12-20-11-17(24)16-7-14-8-18(22-10-15(14)9-21-16)23-19(25)13-5-3-2-4-6-13/h2-12H,1H3,(H,22,23,25). The Morgan fingerprint density at radius 2 is 1.80 bits per heavy atom. The predicted molar refractivity (Wildman–Crippen MR) is 96.1 cm³/mol. The summed E-state index contributed by atoms with van der Waals surface area (Å²) in [7, 11) is 1.92. The number of nitrogens with zero attached hydrogens (tertiary/aromatic N) is 4. The van der Waals surface area contributed by atoms with Crippen molar-refractivity contribution in [2.75, 3.05) is 5.32 Å². The first kappa shape index (κ1) is 15.0. The molecule has 3 aromatic heterocycles. The maximum atomic E-state index is 12.3. The Bertz CT molecular complexity index is 1060. The number of amides is 1. The predicted octanol–water partition coefficient (Wildman–Crippen LogP) is 3.28. The third-order valence-corrected chi connectivity index (χ3v) is 3.96. The maximum absolute atomic E-state index is 12.3. The largest absolute Gasteiger partial charge is 0.332 e. The lowest BCUT2D eigenvalue weighted by Gasteiger charge is -2.07. The zero-order valence-electron chi connectivity index (χ0n) is 13.5. The van der Waals surface area contributed by atoms with Crippen LogP contribution >= 0.6 is 0 Å². The van der Waals surface area contributed by atoms with E-state index in [1.54, 1.807) is 37.1 Å². The molecule has 6 nitrogen and oxygen atoms in total. The first-order chi connectivity index (χ1) is 12.2. The molecule has 1 aromatic carbocycles. The number of carbonyl (C=O) groups is 1. The van der Waals surface area contributed by atoms with Gasteiger partial charge in [0.05, 0.1) is 23.9 Å². The molecule has 0 aliphatic heterocycles. The van der Waals surface area contributed by atoms with Gasteiger partial charge in [-0.25, -0.2) is 9.97 Å². The highest BCUT2D eigenvalue weighted by atomic mass is 16.1. The van der Waals surface area contributed by atoms with Gasteiger partial charge < -0.3 is 9.88 Å². The number of aryl methyl sites for hydroxylation is 1. The second kappa shape index (κ2) is 6.16. The molecule has 0 unspecified atom stereocenters. The van der Waals surface area contributed by atoms with Gasteiger partial charge in [-0.1, -0.05) is 18.2 Å². The molecule has 3 heterocycles. The van der Waals surface area contributed by atoms with Crippen molar-refractivity contribution < 1.29 is 4.79 Å². The van der Waals surface area contributed by atoms with Crippen molar-refractivity contribution >= 4 is 22.5 Å². The van der Waals surface area contributed by atoms with Crippen molar-refractivity contribution in [1.29, 1.82) is 0 Å². The SMILES string of the molecule is Cn1cncc1-c1cc2cc(NC(=O)c3ccccc3)ncc2cn1. The zero-order chi connectivity index (χ0) is 17.2. The number of carbonyl (C=O) groups excluding carboxylic acids is 1. The lowest BCUT2D eigenvalue weighted by atomic mass is 10.1. The average molecular weight is 329 g/mol. The number of benzene rings is 1. The van der Waals surface area contributed by atoms with E-state index in [4.69, 9.17) is 0 Å². The van der Waals surface area contributed by atoms with Crippen LogP contribution in [0.3, 0.4) is 0 Å². The van der Waals surface area contributed by atoms with Crippen LogP contribution in [0.5, 0.6) is 0 Å². The molecular weight excluding hydrogens is 314 g/mol. The molecule has 0 fully saturated rings. The molecular formula is C19H15N5O. The Labute approximate surface area is 144 Å². The fraction of sp³-hybridized carbons (Fsp3) is 0.0526. The molecule has 1 amide bonds. The number of rotatable bonds is 3. The normalized spacial score (nSPS) is 10.8. The summed E-state index contributed by atoms with van der Waals surface area (Å²) in [6.07, 6.45) is 6.98. The van der Waals surface area contributed by atoms with Gasteiger partial charge in [-0.2, -0.15) is 0 Å². The lowest BCUT2D eigenvalue weighted by molar-refractivity contribution is 0.102. The van der Waals surface area contributed by atoms with E-state index in [0.717, 1.165) is 22.2 Å². The number of pyridine rings is 2. The molecule has 4 rings (SSSR count). The van der Waals surface area contributed by atoms with E-state index < -0.39 is 0 Å². The van der Waals surface area contributed by atoms with Gasteiger partial charge in [0, 0.05) is 30.4 Å². The molecule has 0 aliphatic rings. The Hall–Kier alpha value is -3.54. The summed E-state index contributed by atoms with van der Waals surface area (Å²) in [5, 5.41) is 4.68. The lowest BCUT2D eigenvalue weighted by Crippen LogP contribution is -2.12. The van der Waals surface area contributed by atoms with Crippen LogP contribution in [0.25, 0.3) is 22.2 Å². The van der Waals surface area contributed by atoms with E-state index >= 15 is 0 Å². The number of imidazole rings is 1. The molecule has 0 bridgehead atoms. The fourth-order valence-corrected chi connectivity index (χ4v) is 2.63. The van der Waals surface area contributed by atoms with Crippen molar-refractivity contribution in [1.82, 2.24) is 19.5 Å². The minimum Gasteiger partial charge on any atom is -0.332 e. The molecule has 0 spiro atoms. The van der Waals surface area contributed by atoms with Crippen LogP contribution in [0.15, 0.2) is 67.4 Å². The van der Waals surface area contributed by atoms with Crippen molar-refractivity contribution in [2.24, 2.45) is 7.05 Å². The molecule has 1 N–H and O–H groups in total. The highest BCUT2D eigenvalue weighted by Crippen LogP contribution is 2.22. The van der Waals surface area contributed by atoms with E-state index in [1.807, 2.05) is 41.9 Å². The summed E-state index contributed by atoms with van der Waals surface area (Å²) in [6.45, 7) is 0. The first-order valence-corrected chi connectivity index (χ1v) is 7.79. The van der Waals surface area contributed by atoms with Crippen LogP contribution in [-0.4, -0.2) is 25.4 Å². The molecule has 0 atom stereocenters. The third kappa shape index (κ3) is 2.97. The Morgan fingerprint density at radius 3 is 2.56 bits per heavy atom. The van der Waals surface area contributed by atoms with E-state index in [2.05, 4.69) is 20.3 Å². The van der Waals surface area contributed by atoms with Gasteiger partial charge in [0.15, 0.2) is 0 Å². The van der Waals surface area contributed by atoms with Crippen LogP contribution in [0.1, 0.15) is 10.4 Å². The zero-order valence-corrected chi connectivity index (χ0v) is 13.5. The van der Waals surface area contributed by atoms with E-state index in [1.165, 1.54) is 0 Å². The minimum absolute atomic E-state index is 0.187. The van der Waals surface area contributed by atoms with Gasteiger partial charge in [-0.3, -0.25) is 9.78 Å². The maximum Gasteiger partial charge on any atom is 0.256 e. The minimum atomic E-state index is -0.187. The molecule has 0 radical (unpaired) electrons. The van der Waals surface area contributed by atoms with E-state index in [-0.39, 0.29) is 5.91 Å². The molecule has 0 saturated heterocycles.